The second-order valence-corrected chi connectivity index (χ2v) is 6.50. The molecule has 0 aromatic heterocycles. The van der Waals surface area contributed by atoms with Gasteiger partial charge in [-0.05, 0) is 18.3 Å². The Morgan fingerprint density at radius 3 is 1.88 bits per heavy atom. The van der Waals surface area contributed by atoms with Crippen LogP contribution in [-0.4, -0.2) is 30.8 Å². The van der Waals surface area contributed by atoms with E-state index in [4.69, 9.17) is 0 Å². The van der Waals surface area contributed by atoms with Gasteiger partial charge in [-0.15, -0.1) is 0 Å². The lowest BCUT2D eigenvalue weighted by Crippen LogP contribution is -2.40. The van der Waals surface area contributed by atoms with Crippen LogP contribution in [0, 0.1) is 17.3 Å². The molecule has 0 aliphatic carbocycles. The zero-order chi connectivity index (χ0) is 13.5. The van der Waals surface area contributed by atoms with Crippen molar-refractivity contribution < 1.29 is 4.79 Å². The van der Waals surface area contributed by atoms with E-state index >= 15 is 0 Å². The largest absolute Gasteiger partial charge is 0.303 e. The van der Waals surface area contributed by atoms with Crippen LogP contribution < -0.4 is 0 Å². The summed E-state index contributed by atoms with van der Waals surface area (Å²) >= 11 is 0. The smallest absolute Gasteiger partial charge is 0.127 e. The van der Waals surface area contributed by atoms with E-state index in [0.717, 1.165) is 38.8 Å². The number of carbonyl (C=O) groups is 1. The molecule has 2 nitrogen and oxygen atoms in total. The Labute approximate surface area is 108 Å². The summed E-state index contributed by atoms with van der Waals surface area (Å²) in [5.74, 6) is 1.32. The second-order valence-electron chi connectivity index (χ2n) is 6.50. The van der Waals surface area contributed by atoms with Gasteiger partial charge >= 0.3 is 0 Å². The first-order valence-corrected chi connectivity index (χ1v) is 7.01. The van der Waals surface area contributed by atoms with E-state index in [2.05, 4.69) is 46.4 Å². The first kappa shape index (κ1) is 16.6. The van der Waals surface area contributed by atoms with Crippen molar-refractivity contribution in [3.63, 3.8) is 0 Å². The number of rotatable bonds is 9. The van der Waals surface area contributed by atoms with Crippen molar-refractivity contribution >= 4 is 6.29 Å². The Bertz CT molecular complexity index is 203. The van der Waals surface area contributed by atoms with Crippen LogP contribution >= 0.6 is 0 Å². The maximum Gasteiger partial charge on any atom is 0.127 e. The van der Waals surface area contributed by atoms with Gasteiger partial charge in [0.2, 0.25) is 0 Å². The van der Waals surface area contributed by atoms with Crippen molar-refractivity contribution in [2.24, 2.45) is 17.3 Å². The van der Waals surface area contributed by atoms with Gasteiger partial charge in [0.15, 0.2) is 0 Å². The average Bonchev–Trinajstić information content (AvgIpc) is 2.15. The summed E-state index contributed by atoms with van der Waals surface area (Å²) < 4.78 is 0. The highest BCUT2D eigenvalue weighted by atomic mass is 16.1. The van der Waals surface area contributed by atoms with Crippen LogP contribution in [0.15, 0.2) is 0 Å². The Morgan fingerprint density at radius 1 is 1.12 bits per heavy atom. The van der Waals surface area contributed by atoms with Crippen LogP contribution in [0.4, 0.5) is 0 Å². The summed E-state index contributed by atoms with van der Waals surface area (Å²) in [4.78, 5) is 13.8. The van der Waals surface area contributed by atoms with Gasteiger partial charge in [-0.3, -0.25) is 0 Å². The van der Waals surface area contributed by atoms with E-state index in [-0.39, 0.29) is 5.41 Å². The van der Waals surface area contributed by atoms with Crippen molar-refractivity contribution in [1.29, 1.82) is 0 Å². The predicted molar refractivity (Wildman–Crippen MR) is 75.2 cm³/mol. The Morgan fingerprint density at radius 2 is 1.59 bits per heavy atom. The first-order chi connectivity index (χ1) is 7.83. The average molecular weight is 241 g/mol. The molecule has 0 rings (SSSR count). The molecule has 1 unspecified atom stereocenters. The highest BCUT2D eigenvalue weighted by Gasteiger charge is 2.26. The van der Waals surface area contributed by atoms with E-state index in [1.807, 2.05) is 0 Å². The third-order valence-electron chi connectivity index (χ3n) is 2.94. The predicted octanol–water partition coefficient (Wildman–Crippen LogP) is 3.61. The molecule has 0 spiro atoms. The molecule has 0 aliphatic rings. The van der Waals surface area contributed by atoms with Crippen molar-refractivity contribution in [1.82, 2.24) is 4.90 Å². The van der Waals surface area contributed by atoms with Crippen LogP contribution in [0.25, 0.3) is 0 Å². The molecule has 0 fully saturated rings. The molecule has 0 saturated heterocycles. The van der Waals surface area contributed by atoms with Gasteiger partial charge in [-0.1, -0.05) is 48.0 Å². The molecular formula is C15H31NO. The normalized spacial score (nSPS) is 15.6. The minimum atomic E-state index is -0.168. The molecule has 0 N–H and O–H groups in total. The zero-order valence-corrected chi connectivity index (χ0v) is 12.6. The van der Waals surface area contributed by atoms with Crippen molar-refractivity contribution in [3.05, 3.63) is 0 Å². The van der Waals surface area contributed by atoms with Crippen LogP contribution in [0.2, 0.25) is 0 Å². The summed E-state index contributed by atoms with van der Waals surface area (Å²) in [6, 6.07) is 0. The fraction of sp³-hybridized carbons (Fsp3) is 0.933. The Kier molecular flexibility index (Phi) is 7.69. The van der Waals surface area contributed by atoms with Crippen LogP contribution in [0.1, 0.15) is 54.4 Å². The summed E-state index contributed by atoms with van der Waals surface area (Å²) in [5, 5.41) is 0. The highest BCUT2D eigenvalue weighted by molar-refractivity contribution is 5.58. The Balaban J connectivity index is 4.52. The molecule has 0 aromatic rings. The molecule has 17 heavy (non-hydrogen) atoms. The van der Waals surface area contributed by atoms with Crippen molar-refractivity contribution in [2.75, 3.05) is 19.6 Å². The SMILES string of the molecule is CCCC(C)(C=O)CN(CC(C)C)CC(C)C. The molecule has 0 aliphatic heterocycles. The number of hydrogen-bond acceptors (Lipinski definition) is 2. The first-order valence-electron chi connectivity index (χ1n) is 7.01. The number of nitrogens with zero attached hydrogens (tertiary/aromatic N) is 1. The monoisotopic (exact) mass is 241 g/mol. The molecule has 0 amide bonds. The molecule has 102 valence electrons. The lowest BCUT2D eigenvalue weighted by atomic mass is 9.86. The summed E-state index contributed by atoms with van der Waals surface area (Å²) in [7, 11) is 0. The third-order valence-corrected chi connectivity index (χ3v) is 2.94. The summed E-state index contributed by atoms with van der Waals surface area (Å²) in [6.07, 6.45) is 3.22. The van der Waals surface area contributed by atoms with Crippen molar-refractivity contribution in [3.8, 4) is 0 Å². The standard InChI is InChI=1S/C15H31NO/c1-7-8-15(6,12-17)11-16(9-13(2)3)10-14(4)5/h12-14H,7-11H2,1-6H3. The molecule has 1 atom stereocenters. The minimum Gasteiger partial charge on any atom is -0.303 e. The molecule has 0 saturated carbocycles. The lowest BCUT2D eigenvalue weighted by Gasteiger charge is -2.33. The summed E-state index contributed by atoms with van der Waals surface area (Å²) in [6.45, 7) is 16.3. The minimum absolute atomic E-state index is 0.168. The molecule has 0 radical (unpaired) electrons. The van der Waals surface area contributed by atoms with Crippen LogP contribution in [0.5, 0.6) is 0 Å². The van der Waals surface area contributed by atoms with Gasteiger partial charge in [0.25, 0.3) is 0 Å². The molecule has 0 heterocycles. The zero-order valence-electron chi connectivity index (χ0n) is 12.6. The van der Waals surface area contributed by atoms with E-state index < -0.39 is 0 Å². The molecule has 0 aromatic carbocycles. The van der Waals surface area contributed by atoms with Gasteiger partial charge in [0.1, 0.15) is 6.29 Å². The number of aldehydes is 1. The lowest BCUT2D eigenvalue weighted by molar-refractivity contribution is -0.117. The molecule has 2 heteroatoms. The maximum atomic E-state index is 11.3. The third kappa shape index (κ3) is 7.54. The van der Waals surface area contributed by atoms with Crippen molar-refractivity contribution in [2.45, 2.75) is 54.4 Å². The van der Waals surface area contributed by atoms with E-state index in [9.17, 15) is 4.79 Å². The maximum absolute atomic E-state index is 11.3. The van der Waals surface area contributed by atoms with Crippen LogP contribution in [-0.2, 0) is 4.79 Å². The van der Waals surface area contributed by atoms with E-state index in [1.165, 1.54) is 0 Å². The van der Waals surface area contributed by atoms with Crippen LogP contribution in [0.3, 0.4) is 0 Å². The Hall–Kier alpha value is -0.370. The van der Waals surface area contributed by atoms with E-state index in [1.54, 1.807) is 0 Å². The van der Waals surface area contributed by atoms with Gasteiger partial charge in [-0.25, -0.2) is 0 Å². The number of hydrogen-bond donors (Lipinski definition) is 0. The van der Waals surface area contributed by atoms with Gasteiger partial charge in [-0.2, -0.15) is 0 Å². The molecule has 0 bridgehead atoms. The van der Waals surface area contributed by atoms with Gasteiger partial charge < -0.3 is 9.69 Å². The number of carbonyl (C=O) groups excluding carboxylic acids is 1. The highest BCUT2D eigenvalue weighted by Crippen LogP contribution is 2.23. The van der Waals surface area contributed by atoms with Gasteiger partial charge in [0, 0.05) is 25.0 Å². The fourth-order valence-electron chi connectivity index (χ4n) is 2.49. The van der Waals surface area contributed by atoms with Gasteiger partial charge in [0.05, 0.1) is 0 Å². The quantitative estimate of drug-likeness (QED) is 0.575. The summed E-state index contributed by atoms with van der Waals surface area (Å²) in [5.41, 5.74) is -0.168. The fourth-order valence-corrected chi connectivity index (χ4v) is 2.49. The second kappa shape index (κ2) is 7.86. The van der Waals surface area contributed by atoms with E-state index in [0.29, 0.717) is 11.8 Å². The molecular weight excluding hydrogens is 210 g/mol. The topological polar surface area (TPSA) is 20.3 Å².